The van der Waals surface area contributed by atoms with E-state index in [1.165, 1.54) is 52.3 Å². The maximum absolute atomic E-state index is 13.7. The highest BCUT2D eigenvalue weighted by molar-refractivity contribution is 8.00. The van der Waals surface area contributed by atoms with Gasteiger partial charge in [-0.3, -0.25) is 29.5 Å². The first-order valence-corrected chi connectivity index (χ1v) is 15.8. The predicted molar refractivity (Wildman–Crippen MR) is 166 cm³/mol. The van der Waals surface area contributed by atoms with Crippen molar-refractivity contribution < 1.29 is 23.6 Å². The summed E-state index contributed by atoms with van der Waals surface area (Å²) in [5, 5.41) is 9.75. The molecule has 1 saturated heterocycles. The maximum atomic E-state index is 13.7. The molecule has 2 atom stereocenters. The second-order valence-corrected chi connectivity index (χ2v) is 12.4. The van der Waals surface area contributed by atoms with Crippen molar-refractivity contribution in [3.63, 3.8) is 0 Å². The number of benzene rings is 2. The summed E-state index contributed by atoms with van der Waals surface area (Å²) in [4.78, 5) is 62.2. The molecule has 2 aromatic heterocycles. The van der Waals surface area contributed by atoms with Gasteiger partial charge in [0.15, 0.2) is 10.5 Å². The number of carbonyl (C=O) groups excluding carboxylic acids is 4. The number of pyridine rings is 1. The van der Waals surface area contributed by atoms with Crippen molar-refractivity contribution >= 4 is 57.5 Å². The lowest BCUT2D eigenvalue weighted by atomic mass is 10.0. The number of amides is 4. The van der Waals surface area contributed by atoms with Crippen LogP contribution in [0.25, 0.3) is 11.3 Å². The van der Waals surface area contributed by atoms with Crippen LogP contribution in [0.1, 0.15) is 34.8 Å². The molecule has 4 amide bonds. The summed E-state index contributed by atoms with van der Waals surface area (Å²) >= 11 is 2.56. The number of carbonyl (C=O) groups is 4. The second-order valence-electron chi connectivity index (χ2n) is 10.3. The van der Waals surface area contributed by atoms with E-state index in [1.807, 2.05) is 0 Å². The molecule has 224 valence electrons. The van der Waals surface area contributed by atoms with Gasteiger partial charge < -0.3 is 15.5 Å². The zero-order valence-corrected chi connectivity index (χ0v) is 24.9. The first-order valence-electron chi connectivity index (χ1n) is 13.9. The molecule has 1 aliphatic carbocycles. The standard InChI is InChI=1S/C31H27FN6O4S2/c32-22-11-9-19(10-12-22)25(36-27(40)21-7-8-21)29(42)38-14-15-43-30(38)28(41)37-31-35-24(17-44-31)18-3-5-20(6-4-18)26(39)34-23-2-1-13-33-16-23/h1-6,9-13,16-17,21,25,30H,7-8,14-15H2,(H,34,39)(H,36,40)(H,35,37,41)/t25-,30+/m1/s1. The molecular formula is C31H27FN6O4S2. The number of rotatable bonds is 9. The van der Waals surface area contributed by atoms with E-state index in [4.69, 9.17) is 0 Å². The van der Waals surface area contributed by atoms with Crippen LogP contribution in [-0.4, -0.2) is 56.2 Å². The van der Waals surface area contributed by atoms with Crippen molar-refractivity contribution in [1.82, 2.24) is 20.2 Å². The summed E-state index contributed by atoms with van der Waals surface area (Å²) in [5.74, 6) is -1.36. The smallest absolute Gasteiger partial charge is 0.259 e. The Bertz CT molecular complexity index is 1680. The third kappa shape index (κ3) is 6.79. The number of hydrogen-bond donors (Lipinski definition) is 3. The Morgan fingerprint density at radius 1 is 0.955 bits per heavy atom. The third-order valence-corrected chi connectivity index (χ3v) is 9.14. The van der Waals surface area contributed by atoms with Gasteiger partial charge in [-0.05, 0) is 54.8 Å². The minimum absolute atomic E-state index is 0.128. The molecule has 3 heterocycles. The molecule has 4 aromatic rings. The molecule has 44 heavy (non-hydrogen) atoms. The lowest BCUT2D eigenvalue weighted by Gasteiger charge is -2.28. The lowest BCUT2D eigenvalue weighted by molar-refractivity contribution is -0.139. The number of aromatic nitrogens is 2. The van der Waals surface area contributed by atoms with Crippen LogP contribution in [0.3, 0.4) is 0 Å². The van der Waals surface area contributed by atoms with Crippen LogP contribution in [-0.2, 0) is 14.4 Å². The van der Waals surface area contributed by atoms with Crippen LogP contribution in [0, 0.1) is 11.7 Å². The molecule has 0 unspecified atom stereocenters. The van der Waals surface area contributed by atoms with Crippen LogP contribution >= 0.6 is 23.1 Å². The number of nitrogens with one attached hydrogen (secondary N) is 3. The summed E-state index contributed by atoms with van der Waals surface area (Å²) in [6, 6.07) is 14.8. The van der Waals surface area contributed by atoms with E-state index in [-0.39, 0.29) is 17.7 Å². The SMILES string of the molecule is O=C(Nc1cccnc1)c1ccc(-c2csc(NC(=O)[C@@H]3SCCN3C(=O)[C@H](NC(=O)C3CC3)c3ccc(F)cc3)n2)cc1. The fraction of sp³-hybridized carbons (Fsp3) is 0.226. The van der Waals surface area contributed by atoms with Gasteiger partial charge >= 0.3 is 0 Å². The molecule has 2 aromatic carbocycles. The average Bonchev–Trinajstić information content (AvgIpc) is 3.59. The van der Waals surface area contributed by atoms with E-state index in [9.17, 15) is 23.6 Å². The molecule has 3 N–H and O–H groups in total. The summed E-state index contributed by atoms with van der Waals surface area (Å²) < 4.78 is 13.6. The van der Waals surface area contributed by atoms with Gasteiger partial charge in [0.2, 0.25) is 5.91 Å². The normalized spacial score (nSPS) is 16.7. The molecule has 0 radical (unpaired) electrons. The van der Waals surface area contributed by atoms with E-state index in [1.54, 1.807) is 54.2 Å². The summed E-state index contributed by atoms with van der Waals surface area (Å²) in [5.41, 5.74) is 2.90. The molecule has 0 spiro atoms. The molecule has 1 aliphatic heterocycles. The summed E-state index contributed by atoms with van der Waals surface area (Å²) in [6.07, 6.45) is 4.72. The van der Waals surface area contributed by atoms with Crippen LogP contribution in [0.15, 0.2) is 78.4 Å². The van der Waals surface area contributed by atoms with Gasteiger partial charge in [0.05, 0.1) is 17.6 Å². The zero-order valence-electron chi connectivity index (χ0n) is 23.2. The molecule has 2 aliphatic rings. The topological polar surface area (TPSA) is 133 Å². The average molecular weight is 631 g/mol. The largest absolute Gasteiger partial charge is 0.340 e. The highest BCUT2D eigenvalue weighted by atomic mass is 32.2. The van der Waals surface area contributed by atoms with Crippen molar-refractivity contribution in [1.29, 1.82) is 0 Å². The molecule has 13 heteroatoms. The summed E-state index contributed by atoms with van der Waals surface area (Å²) in [7, 11) is 0. The Morgan fingerprint density at radius 2 is 1.73 bits per heavy atom. The van der Waals surface area contributed by atoms with E-state index in [2.05, 4.69) is 25.9 Å². The quantitative estimate of drug-likeness (QED) is 0.244. The van der Waals surface area contributed by atoms with Gasteiger partial charge in [-0.15, -0.1) is 23.1 Å². The van der Waals surface area contributed by atoms with Crippen LogP contribution in [0.4, 0.5) is 15.2 Å². The summed E-state index contributed by atoms with van der Waals surface area (Å²) in [6.45, 7) is 0.322. The molecule has 2 fully saturated rings. The number of thiazole rings is 1. The molecule has 1 saturated carbocycles. The fourth-order valence-electron chi connectivity index (χ4n) is 4.69. The monoisotopic (exact) mass is 630 g/mol. The van der Waals surface area contributed by atoms with Crippen molar-refractivity contribution in [2.45, 2.75) is 24.3 Å². The van der Waals surface area contributed by atoms with Crippen LogP contribution in [0.5, 0.6) is 0 Å². The zero-order chi connectivity index (χ0) is 30.6. The number of nitrogens with zero attached hydrogens (tertiary/aromatic N) is 3. The Balaban J connectivity index is 1.11. The lowest BCUT2D eigenvalue weighted by Crippen LogP contribution is -2.48. The Kier molecular flexibility index (Phi) is 8.66. The van der Waals surface area contributed by atoms with Gasteiger partial charge in [0.1, 0.15) is 11.9 Å². The third-order valence-electron chi connectivity index (χ3n) is 7.18. The minimum atomic E-state index is -1.03. The molecule has 6 rings (SSSR count). The number of thioether (sulfide) groups is 1. The van der Waals surface area contributed by atoms with E-state index >= 15 is 0 Å². The first-order chi connectivity index (χ1) is 21.4. The molecule has 0 bridgehead atoms. The highest BCUT2D eigenvalue weighted by Gasteiger charge is 2.40. The van der Waals surface area contributed by atoms with Gasteiger partial charge in [0.25, 0.3) is 17.7 Å². The Morgan fingerprint density at radius 3 is 2.43 bits per heavy atom. The van der Waals surface area contributed by atoms with E-state index < -0.39 is 29.0 Å². The number of anilines is 2. The van der Waals surface area contributed by atoms with Gasteiger partial charge in [-0.25, -0.2) is 9.37 Å². The van der Waals surface area contributed by atoms with E-state index in [0.717, 1.165) is 18.4 Å². The minimum Gasteiger partial charge on any atom is -0.340 e. The second kappa shape index (κ2) is 12.9. The number of halogens is 1. The van der Waals surface area contributed by atoms with Gasteiger partial charge in [0, 0.05) is 40.9 Å². The Hall–Kier alpha value is -4.62. The van der Waals surface area contributed by atoms with Crippen molar-refractivity contribution in [3.05, 3.63) is 95.4 Å². The first kappa shape index (κ1) is 29.5. The van der Waals surface area contributed by atoms with Crippen molar-refractivity contribution in [3.8, 4) is 11.3 Å². The molecule has 10 nitrogen and oxygen atoms in total. The van der Waals surface area contributed by atoms with Gasteiger partial charge in [-0.1, -0.05) is 24.3 Å². The van der Waals surface area contributed by atoms with Crippen LogP contribution < -0.4 is 16.0 Å². The maximum Gasteiger partial charge on any atom is 0.259 e. The fourth-order valence-corrected chi connectivity index (χ4v) is 6.54. The van der Waals surface area contributed by atoms with Crippen LogP contribution in [0.2, 0.25) is 0 Å². The highest BCUT2D eigenvalue weighted by Crippen LogP contribution is 2.33. The predicted octanol–water partition coefficient (Wildman–Crippen LogP) is 4.70. The van der Waals surface area contributed by atoms with Crippen molar-refractivity contribution in [2.75, 3.05) is 22.9 Å². The number of hydrogen-bond acceptors (Lipinski definition) is 8. The van der Waals surface area contributed by atoms with Crippen molar-refractivity contribution in [2.24, 2.45) is 5.92 Å². The Labute approximate surface area is 260 Å². The molecular weight excluding hydrogens is 604 g/mol. The van der Waals surface area contributed by atoms with E-state index in [0.29, 0.717) is 39.9 Å². The van der Waals surface area contributed by atoms with Gasteiger partial charge in [-0.2, -0.15) is 0 Å².